The molecule has 1 aromatic rings. The molecule has 0 aromatic heterocycles. The Hall–Kier alpha value is -2.94. The number of rotatable bonds is 13. The largest absolute Gasteiger partial charge is 0.459 e. The van der Waals surface area contributed by atoms with Gasteiger partial charge in [0.1, 0.15) is 11.6 Å². The number of carbonyl (C=O) groups is 4. The van der Waals surface area contributed by atoms with Crippen LogP contribution in [0.15, 0.2) is 30.3 Å². The van der Waals surface area contributed by atoms with Crippen molar-refractivity contribution in [2.75, 3.05) is 6.54 Å². The average Bonchev–Trinajstić information content (AvgIpc) is 3.18. The Morgan fingerprint density at radius 2 is 1.24 bits per heavy atom. The molecular weight excluding hydrogens is 628 g/mol. The van der Waals surface area contributed by atoms with Crippen LogP contribution in [-0.2, 0) is 14.3 Å². The molecule has 0 unspecified atom stereocenters. The van der Waals surface area contributed by atoms with E-state index in [4.69, 9.17) is 4.74 Å². The minimum atomic E-state index is -0.908. The van der Waals surface area contributed by atoms with Crippen LogP contribution in [0.4, 0.5) is 4.79 Å². The van der Waals surface area contributed by atoms with Crippen LogP contribution in [-0.4, -0.2) is 74.0 Å². The minimum Gasteiger partial charge on any atom is -0.459 e. The van der Waals surface area contributed by atoms with E-state index in [0.717, 1.165) is 32.1 Å². The highest BCUT2D eigenvalue weighted by molar-refractivity contribution is 6.07. The molecule has 50 heavy (non-hydrogen) atoms. The maximum Gasteiger partial charge on any atom is 0.338 e. The van der Waals surface area contributed by atoms with E-state index in [2.05, 4.69) is 45.3 Å². The molecule has 3 heterocycles. The summed E-state index contributed by atoms with van der Waals surface area (Å²) < 4.78 is 5.67. The highest BCUT2D eigenvalue weighted by Gasteiger charge is 2.61. The number of urea groups is 1. The molecule has 4 amide bonds. The van der Waals surface area contributed by atoms with Crippen molar-refractivity contribution in [2.24, 2.45) is 0 Å². The number of imide groups is 1. The molecule has 4 rings (SSSR count). The van der Waals surface area contributed by atoms with Gasteiger partial charge < -0.3 is 20.3 Å². The lowest BCUT2D eigenvalue weighted by Crippen LogP contribution is -2.70. The van der Waals surface area contributed by atoms with Gasteiger partial charge in [-0.05, 0) is 73.9 Å². The van der Waals surface area contributed by atoms with Gasteiger partial charge >= 0.3 is 12.0 Å². The summed E-state index contributed by atoms with van der Waals surface area (Å²) in [5.74, 6) is -0.333. The number of nitrogens with one attached hydrogen (secondary N) is 2. The van der Waals surface area contributed by atoms with Crippen molar-refractivity contribution in [3.05, 3.63) is 35.9 Å². The molecule has 3 fully saturated rings. The maximum atomic E-state index is 13.4. The summed E-state index contributed by atoms with van der Waals surface area (Å²) in [7, 11) is 0. The lowest BCUT2D eigenvalue weighted by Gasteiger charge is -2.57. The van der Waals surface area contributed by atoms with Gasteiger partial charge in [0.2, 0.25) is 5.91 Å². The summed E-state index contributed by atoms with van der Waals surface area (Å²) in [4.78, 5) is 53.8. The van der Waals surface area contributed by atoms with Gasteiger partial charge in [-0.15, -0.1) is 0 Å². The van der Waals surface area contributed by atoms with E-state index in [9.17, 15) is 19.2 Å². The van der Waals surface area contributed by atoms with Gasteiger partial charge in [-0.25, -0.2) is 9.59 Å². The topological polar surface area (TPSA) is 108 Å². The first-order chi connectivity index (χ1) is 23.2. The number of unbranched alkanes of at least 4 members (excludes halogenated alkanes) is 9. The van der Waals surface area contributed by atoms with Crippen LogP contribution in [0.2, 0.25) is 0 Å². The van der Waals surface area contributed by atoms with Gasteiger partial charge in [-0.2, -0.15) is 0 Å². The average molecular weight is 697 g/mol. The molecule has 3 aliphatic rings. The Morgan fingerprint density at radius 3 is 1.72 bits per heavy atom. The predicted octanol–water partition coefficient (Wildman–Crippen LogP) is 8.55. The van der Waals surface area contributed by atoms with E-state index < -0.39 is 16.6 Å². The van der Waals surface area contributed by atoms with E-state index >= 15 is 0 Å². The molecule has 0 saturated carbocycles. The number of amides is 4. The van der Waals surface area contributed by atoms with Gasteiger partial charge in [0, 0.05) is 61.3 Å². The molecule has 1 spiro atoms. The molecule has 1 aromatic carbocycles. The standard InChI is InChI=1S/C25H45N3O3.C16H23NO2/c1-7-8-9-10-11-12-13-14-15-16-17-27-21(30)25(26-22(27)31)18-23(3,4)28(20(2)29)24(5,6)19-25;1-15(2)10-13(11-16(3,4)17-15)19-14(18)12-8-6-5-7-9-12/h7-19H2,1-6H3,(H,26,31);5-9,13,17H,10-11H2,1-4H3. The first kappa shape index (κ1) is 41.5. The summed E-state index contributed by atoms with van der Waals surface area (Å²) >= 11 is 0. The minimum absolute atomic E-state index is 0.00356. The van der Waals surface area contributed by atoms with Crippen molar-refractivity contribution in [2.45, 2.75) is 193 Å². The van der Waals surface area contributed by atoms with Gasteiger partial charge in [-0.1, -0.05) is 82.9 Å². The third-order valence-electron chi connectivity index (χ3n) is 10.4. The van der Waals surface area contributed by atoms with Crippen LogP contribution >= 0.6 is 0 Å². The van der Waals surface area contributed by atoms with Crippen molar-refractivity contribution < 1.29 is 23.9 Å². The summed E-state index contributed by atoms with van der Waals surface area (Å²) in [5.41, 5.74) is -1.33. The first-order valence-electron chi connectivity index (χ1n) is 19.2. The van der Waals surface area contributed by atoms with Gasteiger partial charge in [-0.3, -0.25) is 14.5 Å². The molecule has 3 aliphatic heterocycles. The fourth-order valence-corrected chi connectivity index (χ4v) is 9.35. The van der Waals surface area contributed by atoms with Gasteiger partial charge in [0.25, 0.3) is 5.91 Å². The van der Waals surface area contributed by atoms with Crippen LogP contribution in [0, 0.1) is 0 Å². The SMILES string of the molecule is CC1(C)CC(OC(=O)c2ccccc2)CC(C)(C)N1.CCCCCCCCCCCCN1C(=O)NC2(CC(C)(C)N(C(C)=O)C(C)(C)C2)C1=O. The Labute approximate surface area is 303 Å². The molecule has 282 valence electrons. The monoisotopic (exact) mass is 697 g/mol. The summed E-state index contributed by atoms with van der Waals surface area (Å²) in [6, 6.07) is 8.91. The zero-order valence-corrected chi connectivity index (χ0v) is 33.0. The molecule has 0 atom stereocenters. The molecule has 3 saturated heterocycles. The summed E-state index contributed by atoms with van der Waals surface area (Å²) in [6.45, 7) is 20.9. The lowest BCUT2D eigenvalue weighted by molar-refractivity contribution is -0.156. The van der Waals surface area contributed by atoms with Crippen LogP contribution in [0.1, 0.15) is 169 Å². The number of nitrogens with zero attached hydrogens (tertiary/aromatic N) is 2. The molecule has 0 aliphatic carbocycles. The second kappa shape index (κ2) is 17.1. The number of piperidine rings is 2. The molecule has 9 heteroatoms. The number of benzene rings is 1. The fraction of sp³-hybridized carbons (Fsp3) is 0.756. The quantitative estimate of drug-likeness (QED) is 0.122. The third kappa shape index (κ3) is 11.3. The number of likely N-dealkylation sites (tertiary alicyclic amines) is 1. The number of ether oxygens (including phenoxy) is 1. The van der Waals surface area contributed by atoms with Crippen LogP contribution in [0.25, 0.3) is 0 Å². The van der Waals surface area contributed by atoms with Gasteiger partial charge in [0.05, 0.1) is 5.56 Å². The van der Waals surface area contributed by atoms with Crippen molar-refractivity contribution in [1.29, 1.82) is 0 Å². The number of hydrogen-bond donors (Lipinski definition) is 2. The Morgan fingerprint density at radius 1 is 0.760 bits per heavy atom. The van der Waals surface area contributed by atoms with E-state index in [-0.39, 0.29) is 41.0 Å². The first-order valence-corrected chi connectivity index (χ1v) is 19.2. The van der Waals surface area contributed by atoms with Crippen molar-refractivity contribution in [1.82, 2.24) is 20.4 Å². The molecule has 0 bridgehead atoms. The van der Waals surface area contributed by atoms with E-state index in [1.54, 1.807) is 19.1 Å². The van der Waals surface area contributed by atoms with Crippen molar-refractivity contribution in [3.8, 4) is 0 Å². The normalized spacial score (nSPS) is 21.7. The van der Waals surface area contributed by atoms with Crippen LogP contribution in [0.5, 0.6) is 0 Å². The zero-order chi connectivity index (χ0) is 37.4. The zero-order valence-electron chi connectivity index (χ0n) is 33.0. The fourth-order valence-electron chi connectivity index (χ4n) is 9.35. The maximum absolute atomic E-state index is 13.4. The number of carbonyl (C=O) groups excluding carboxylic acids is 4. The molecular formula is C41H68N4O5. The Bertz CT molecular complexity index is 1270. The van der Waals surface area contributed by atoms with Crippen LogP contribution in [0.3, 0.4) is 0 Å². The third-order valence-corrected chi connectivity index (χ3v) is 10.4. The van der Waals surface area contributed by atoms with Gasteiger partial charge in [0.15, 0.2) is 0 Å². The number of esters is 1. The van der Waals surface area contributed by atoms with Crippen molar-refractivity contribution in [3.63, 3.8) is 0 Å². The van der Waals surface area contributed by atoms with E-state index in [1.807, 2.05) is 50.8 Å². The molecule has 0 radical (unpaired) electrons. The second-order valence-electron chi connectivity index (χ2n) is 17.7. The highest BCUT2D eigenvalue weighted by Crippen LogP contribution is 2.46. The van der Waals surface area contributed by atoms with E-state index in [1.165, 1.54) is 49.8 Å². The summed E-state index contributed by atoms with van der Waals surface area (Å²) in [6.07, 6.45) is 14.8. The Balaban J connectivity index is 0.000000303. The highest BCUT2D eigenvalue weighted by atomic mass is 16.5. The molecule has 9 nitrogen and oxygen atoms in total. The van der Waals surface area contributed by atoms with Crippen LogP contribution < -0.4 is 10.6 Å². The predicted molar refractivity (Wildman–Crippen MR) is 201 cm³/mol. The molecule has 2 N–H and O–H groups in total. The lowest BCUT2D eigenvalue weighted by atomic mass is 9.69. The van der Waals surface area contributed by atoms with E-state index in [0.29, 0.717) is 24.9 Å². The summed E-state index contributed by atoms with van der Waals surface area (Å²) in [5, 5.41) is 6.61. The second-order valence-corrected chi connectivity index (χ2v) is 17.7. The Kier molecular flexibility index (Phi) is 14.1. The van der Waals surface area contributed by atoms with Crippen molar-refractivity contribution >= 4 is 23.8 Å². The smallest absolute Gasteiger partial charge is 0.338 e. The number of hydrogen-bond acceptors (Lipinski definition) is 6.